The van der Waals surface area contributed by atoms with Gasteiger partial charge in [0.2, 0.25) is 11.8 Å². The molecular formula is C17H20N4O4S. The molecule has 0 aliphatic rings. The minimum atomic E-state index is -0.155. The number of hydrogen-bond donors (Lipinski definition) is 0. The van der Waals surface area contributed by atoms with E-state index in [1.165, 1.54) is 11.8 Å². The van der Waals surface area contributed by atoms with Crippen LogP contribution in [-0.4, -0.2) is 34.6 Å². The van der Waals surface area contributed by atoms with Crippen molar-refractivity contribution >= 4 is 11.8 Å². The summed E-state index contributed by atoms with van der Waals surface area (Å²) >= 11 is 1.34. The third-order valence-corrected chi connectivity index (χ3v) is 4.30. The molecular weight excluding hydrogens is 356 g/mol. The molecule has 3 aromatic rings. The van der Waals surface area contributed by atoms with Crippen LogP contribution in [0.5, 0.6) is 11.5 Å². The summed E-state index contributed by atoms with van der Waals surface area (Å²) in [7, 11) is 3.16. The Morgan fingerprint density at radius 1 is 1.08 bits per heavy atom. The molecule has 0 unspecified atom stereocenters. The number of nitrogens with zero attached hydrogens (tertiary/aromatic N) is 4. The first-order chi connectivity index (χ1) is 12.4. The number of hydrogen-bond acceptors (Lipinski definition) is 9. The molecule has 2 aromatic heterocycles. The Morgan fingerprint density at radius 2 is 1.85 bits per heavy atom. The molecule has 0 radical (unpaired) electrons. The summed E-state index contributed by atoms with van der Waals surface area (Å²) in [5.41, 5.74) is 0.590. The zero-order valence-corrected chi connectivity index (χ0v) is 16.1. The highest BCUT2D eigenvalue weighted by atomic mass is 32.2. The van der Waals surface area contributed by atoms with E-state index in [4.69, 9.17) is 18.4 Å². The lowest BCUT2D eigenvalue weighted by Gasteiger charge is -2.10. The third-order valence-electron chi connectivity index (χ3n) is 3.49. The van der Waals surface area contributed by atoms with E-state index in [1.807, 2.05) is 26.8 Å². The average Bonchev–Trinajstić information content (AvgIpc) is 3.28. The number of aromatic nitrogens is 4. The SMILES string of the molecule is COc1ccc(-c2nnc(SCc3nc(C(C)(C)C)no3)o2)cc1OC. The molecule has 2 heterocycles. The Labute approximate surface area is 155 Å². The highest BCUT2D eigenvalue weighted by Gasteiger charge is 2.21. The normalized spacial score (nSPS) is 11.6. The second-order valence-electron chi connectivity index (χ2n) is 6.49. The molecule has 26 heavy (non-hydrogen) atoms. The Hall–Kier alpha value is -2.55. The molecule has 0 bridgehead atoms. The van der Waals surface area contributed by atoms with Crippen molar-refractivity contribution in [1.29, 1.82) is 0 Å². The fourth-order valence-electron chi connectivity index (χ4n) is 2.10. The first kappa shape index (κ1) is 18.2. The van der Waals surface area contributed by atoms with E-state index in [1.54, 1.807) is 26.4 Å². The van der Waals surface area contributed by atoms with Gasteiger partial charge < -0.3 is 18.4 Å². The topological polar surface area (TPSA) is 96.3 Å². The van der Waals surface area contributed by atoms with E-state index in [9.17, 15) is 0 Å². The van der Waals surface area contributed by atoms with Crippen LogP contribution < -0.4 is 9.47 Å². The largest absolute Gasteiger partial charge is 0.493 e. The minimum Gasteiger partial charge on any atom is -0.493 e. The van der Waals surface area contributed by atoms with E-state index in [0.717, 1.165) is 5.56 Å². The molecule has 0 aliphatic heterocycles. The van der Waals surface area contributed by atoms with E-state index < -0.39 is 0 Å². The van der Waals surface area contributed by atoms with Gasteiger partial charge in [-0.25, -0.2) is 0 Å². The summed E-state index contributed by atoms with van der Waals surface area (Å²) in [5.74, 6) is 3.27. The summed E-state index contributed by atoms with van der Waals surface area (Å²) in [4.78, 5) is 4.38. The summed E-state index contributed by atoms with van der Waals surface area (Å²) < 4.78 is 21.5. The van der Waals surface area contributed by atoms with Gasteiger partial charge in [0.15, 0.2) is 17.3 Å². The predicted molar refractivity (Wildman–Crippen MR) is 95.4 cm³/mol. The van der Waals surface area contributed by atoms with Crippen molar-refractivity contribution in [1.82, 2.24) is 20.3 Å². The third kappa shape index (κ3) is 3.98. The Kier molecular flexibility index (Phi) is 5.17. The van der Waals surface area contributed by atoms with Crippen LogP contribution in [0.3, 0.4) is 0 Å². The quantitative estimate of drug-likeness (QED) is 0.596. The fourth-order valence-corrected chi connectivity index (χ4v) is 2.70. The van der Waals surface area contributed by atoms with Crippen molar-refractivity contribution in [3.63, 3.8) is 0 Å². The molecule has 0 saturated heterocycles. The molecule has 0 spiro atoms. The number of benzene rings is 1. The summed E-state index contributed by atoms with van der Waals surface area (Å²) in [5, 5.41) is 12.5. The average molecular weight is 376 g/mol. The smallest absolute Gasteiger partial charge is 0.277 e. The molecule has 0 fully saturated rings. The molecule has 9 heteroatoms. The molecule has 0 amide bonds. The van der Waals surface area contributed by atoms with Gasteiger partial charge in [-0.2, -0.15) is 4.98 Å². The first-order valence-electron chi connectivity index (χ1n) is 7.92. The highest BCUT2D eigenvalue weighted by Crippen LogP contribution is 2.33. The minimum absolute atomic E-state index is 0.155. The van der Waals surface area contributed by atoms with Crippen LogP contribution in [0.2, 0.25) is 0 Å². The number of methoxy groups -OCH3 is 2. The van der Waals surface area contributed by atoms with E-state index in [2.05, 4.69) is 20.3 Å². The molecule has 1 aromatic carbocycles. The van der Waals surface area contributed by atoms with Gasteiger partial charge in [0.05, 0.1) is 20.0 Å². The lowest BCUT2D eigenvalue weighted by atomic mass is 9.96. The molecule has 3 rings (SSSR count). The molecule has 8 nitrogen and oxygen atoms in total. The highest BCUT2D eigenvalue weighted by molar-refractivity contribution is 7.98. The van der Waals surface area contributed by atoms with E-state index in [0.29, 0.717) is 40.1 Å². The van der Waals surface area contributed by atoms with E-state index >= 15 is 0 Å². The summed E-state index contributed by atoms with van der Waals surface area (Å²) in [6, 6.07) is 5.41. The molecule has 0 N–H and O–H groups in total. The zero-order chi connectivity index (χ0) is 18.7. The van der Waals surface area contributed by atoms with Crippen molar-refractivity contribution < 1.29 is 18.4 Å². The fraction of sp³-hybridized carbons (Fsp3) is 0.412. The maximum atomic E-state index is 5.69. The maximum absolute atomic E-state index is 5.69. The Bertz CT molecular complexity index is 885. The van der Waals surface area contributed by atoms with Crippen LogP contribution in [0.1, 0.15) is 32.5 Å². The summed E-state index contributed by atoms with van der Waals surface area (Å²) in [6.07, 6.45) is 0. The van der Waals surface area contributed by atoms with Gasteiger partial charge in [-0.15, -0.1) is 10.2 Å². The van der Waals surface area contributed by atoms with Crippen molar-refractivity contribution in [2.24, 2.45) is 0 Å². The number of ether oxygens (including phenoxy) is 2. The van der Waals surface area contributed by atoms with Crippen LogP contribution in [0.15, 0.2) is 32.4 Å². The van der Waals surface area contributed by atoms with Gasteiger partial charge in [-0.3, -0.25) is 0 Å². The van der Waals surface area contributed by atoms with Gasteiger partial charge in [0.25, 0.3) is 5.22 Å². The lowest BCUT2D eigenvalue weighted by molar-refractivity contribution is 0.355. The Balaban J connectivity index is 1.69. The van der Waals surface area contributed by atoms with Crippen LogP contribution >= 0.6 is 11.8 Å². The second-order valence-corrected chi connectivity index (χ2v) is 7.42. The van der Waals surface area contributed by atoms with Crippen molar-refractivity contribution in [3.8, 4) is 23.0 Å². The van der Waals surface area contributed by atoms with Crippen molar-refractivity contribution in [2.45, 2.75) is 37.2 Å². The van der Waals surface area contributed by atoms with Gasteiger partial charge in [0, 0.05) is 11.0 Å². The lowest BCUT2D eigenvalue weighted by Crippen LogP contribution is -2.13. The molecule has 0 aliphatic carbocycles. The summed E-state index contributed by atoms with van der Waals surface area (Å²) in [6.45, 7) is 6.09. The van der Waals surface area contributed by atoms with Crippen LogP contribution in [0, 0.1) is 0 Å². The van der Waals surface area contributed by atoms with Gasteiger partial charge in [-0.1, -0.05) is 37.7 Å². The van der Waals surface area contributed by atoms with E-state index in [-0.39, 0.29) is 5.41 Å². The monoisotopic (exact) mass is 376 g/mol. The van der Waals surface area contributed by atoms with Crippen LogP contribution in [0.25, 0.3) is 11.5 Å². The van der Waals surface area contributed by atoms with Crippen LogP contribution in [0.4, 0.5) is 0 Å². The number of thioether (sulfide) groups is 1. The van der Waals surface area contributed by atoms with Crippen LogP contribution in [-0.2, 0) is 11.2 Å². The van der Waals surface area contributed by atoms with Gasteiger partial charge in [-0.05, 0) is 18.2 Å². The Morgan fingerprint density at radius 3 is 2.50 bits per heavy atom. The molecule has 0 saturated carbocycles. The van der Waals surface area contributed by atoms with Gasteiger partial charge in [0.1, 0.15) is 0 Å². The van der Waals surface area contributed by atoms with Crippen molar-refractivity contribution in [2.75, 3.05) is 14.2 Å². The molecule has 0 atom stereocenters. The first-order valence-corrected chi connectivity index (χ1v) is 8.91. The maximum Gasteiger partial charge on any atom is 0.277 e. The molecule has 138 valence electrons. The second kappa shape index (κ2) is 7.36. The van der Waals surface area contributed by atoms with Gasteiger partial charge >= 0.3 is 0 Å². The predicted octanol–water partition coefficient (Wildman–Crippen LogP) is 3.73. The van der Waals surface area contributed by atoms with Crippen molar-refractivity contribution in [3.05, 3.63) is 29.9 Å². The number of rotatable bonds is 6. The zero-order valence-electron chi connectivity index (χ0n) is 15.3. The standard InChI is InChI=1S/C17H20N4O4S/c1-17(2,3)15-18-13(25-21-15)9-26-16-20-19-14(24-16)10-6-7-11(22-4)12(8-10)23-5/h6-8H,9H2,1-5H3.